The first-order valence-corrected chi connectivity index (χ1v) is 9.60. The highest BCUT2D eigenvalue weighted by atomic mass is 79.9. The molecule has 0 saturated carbocycles. The van der Waals surface area contributed by atoms with Crippen LogP contribution in [0.2, 0.25) is 0 Å². The van der Waals surface area contributed by atoms with Crippen LogP contribution >= 0.6 is 27.3 Å². The molecule has 0 bridgehead atoms. The Balaban J connectivity index is 1.83. The quantitative estimate of drug-likeness (QED) is 0.710. The topological polar surface area (TPSA) is 84.0 Å². The number of rotatable bonds is 7. The van der Waals surface area contributed by atoms with Crippen LogP contribution in [0.4, 0.5) is 5.13 Å². The Bertz CT molecular complexity index is 761. The molecule has 2 aromatic rings. The van der Waals surface area contributed by atoms with Gasteiger partial charge in [-0.15, -0.1) is 10.2 Å². The number of carbonyl (C=O) groups excluding carboxylic acids is 2. The van der Waals surface area contributed by atoms with Crippen LogP contribution in [-0.4, -0.2) is 28.6 Å². The van der Waals surface area contributed by atoms with Gasteiger partial charge in [0, 0.05) is 28.4 Å². The van der Waals surface area contributed by atoms with Crippen LogP contribution in [0.3, 0.4) is 0 Å². The molecular formula is C17H21BrN4O2S. The van der Waals surface area contributed by atoms with Crippen LogP contribution in [-0.2, 0) is 11.2 Å². The Morgan fingerprint density at radius 2 is 2.04 bits per heavy atom. The van der Waals surface area contributed by atoms with Gasteiger partial charge in [-0.2, -0.15) is 0 Å². The first-order valence-electron chi connectivity index (χ1n) is 7.99. The largest absolute Gasteiger partial charge is 0.352 e. The zero-order valence-corrected chi connectivity index (χ0v) is 16.8. The van der Waals surface area contributed by atoms with Crippen LogP contribution in [0.15, 0.2) is 28.7 Å². The third kappa shape index (κ3) is 5.61. The molecule has 1 aromatic carbocycles. The van der Waals surface area contributed by atoms with Crippen LogP contribution in [0, 0.1) is 5.41 Å². The standard InChI is InChI=1S/C17H21BrN4O2S/c1-4-17(2,3)15(24)20-16-22-21-13(25-16)8-9-19-14(23)11-6-5-7-12(18)10-11/h5-7,10H,4,8-9H2,1-3H3,(H,19,23)(H,20,22,24). The van der Waals surface area contributed by atoms with Crippen LogP contribution in [0.25, 0.3) is 0 Å². The summed E-state index contributed by atoms with van der Waals surface area (Å²) in [5.74, 6) is -0.204. The Hall–Kier alpha value is -1.80. The summed E-state index contributed by atoms with van der Waals surface area (Å²) in [4.78, 5) is 24.2. The maximum absolute atomic E-state index is 12.1. The lowest BCUT2D eigenvalue weighted by Crippen LogP contribution is -2.29. The Labute approximate surface area is 159 Å². The van der Waals surface area contributed by atoms with Crippen LogP contribution < -0.4 is 10.6 Å². The summed E-state index contributed by atoms with van der Waals surface area (Å²) < 4.78 is 0.861. The van der Waals surface area contributed by atoms with E-state index in [4.69, 9.17) is 0 Å². The van der Waals surface area contributed by atoms with Gasteiger partial charge in [-0.3, -0.25) is 9.59 Å². The zero-order valence-electron chi connectivity index (χ0n) is 14.4. The normalized spacial score (nSPS) is 11.2. The number of aromatic nitrogens is 2. The Morgan fingerprint density at radius 3 is 2.72 bits per heavy atom. The molecule has 25 heavy (non-hydrogen) atoms. The molecule has 8 heteroatoms. The molecule has 0 saturated heterocycles. The first-order chi connectivity index (χ1) is 11.8. The average molecular weight is 425 g/mol. The van der Waals surface area contributed by atoms with Crippen molar-refractivity contribution in [2.45, 2.75) is 33.6 Å². The molecule has 1 aromatic heterocycles. The van der Waals surface area contributed by atoms with Gasteiger partial charge >= 0.3 is 0 Å². The number of amides is 2. The molecule has 134 valence electrons. The summed E-state index contributed by atoms with van der Waals surface area (Å²) in [6.07, 6.45) is 1.30. The van der Waals surface area contributed by atoms with Crippen molar-refractivity contribution in [2.24, 2.45) is 5.41 Å². The van der Waals surface area contributed by atoms with E-state index in [0.717, 1.165) is 15.9 Å². The maximum atomic E-state index is 12.1. The number of anilines is 1. The molecule has 0 aliphatic rings. The number of nitrogens with zero attached hydrogens (tertiary/aromatic N) is 2. The predicted octanol–water partition coefficient (Wildman–Crippen LogP) is 3.65. The second-order valence-electron chi connectivity index (χ2n) is 6.21. The molecule has 2 amide bonds. The van der Waals surface area contributed by atoms with Gasteiger partial charge < -0.3 is 10.6 Å². The lowest BCUT2D eigenvalue weighted by atomic mass is 9.89. The Kier molecular flexibility index (Phi) is 6.66. The molecule has 0 aliphatic carbocycles. The smallest absolute Gasteiger partial charge is 0.251 e. The van der Waals surface area contributed by atoms with Crippen molar-refractivity contribution in [3.8, 4) is 0 Å². The lowest BCUT2D eigenvalue weighted by molar-refractivity contribution is -0.124. The second kappa shape index (κ2) is 8.53. The minimum atomic E-state index is -0.441. The van der Waals surface area contributed by atoms with Gasteiger partial charge in [0.15, 0.2) is 0 Å². The molecule has 0 unspecified atom stereocenters. The van der Waals surface area contributed by atoms with Gasteiger partial charge in [-0.1, -0.05) is 54.1 Å². The van der Waals surface area contributed by atoms with E-state index in [-0.39, 0.29) is 11.8 Å². The number of nitrogens with one attached hydrogen (secondary N) is 2. The van der Waals surface area contributed by atoms with Gasteiger partial charge in [0.25, 0.3) is 5.91 Å². The number of carbonyl (C=O) groups is 2. The highest BCUT2D eigenvalue weighted by molar-refractivity contribution is 9.10. The molecule has 0 spiro atoms. The van der Waals surface area contributed by atoms with Crippen molar-refractivity contribution in [2.75, 3.05) is 11.9 Å². The van der Waals surface area contributed by atoms with E-state index in [9.17, 15) is 9.59 Å². The van der Waals surface area contributed by atoms with Crippen molar-refractivity contribution in [3.05, 3.63) is 39.3 Å². The molecule has 0 fully saturated rings. The van der Waals surface area contributed by atoms with E-state index >= 15 is 0 Å². The monoisotopic (exact) mass is 424 g/mol. The third-order valence-corrected chi connectivity index (χ3v) is 5.29. The fourth-order valence-corrected chi connectivity index (χ4v) is 2.98. The average Bonchev–Trinajstić information content (AvgIpc) is 3.02. The minimum Gasteiger partial charge on any atom is -0.352 e. The van der Waals surface area contributed by atoms with E-state index in [1.54, 1.807) is 12.1 Å². The van der Waals surface area contributed by atoms with Crippen molar-refractivity contribution < 1.29 is 9.59 Å². The van der Waals surface area contributed by atoms with Gasteiger partial charge in [0.05, 0.1) is 0 Å². The lowest BCUT2D eigenvalue weighted by Gasteiger charge is -2.20. The SMILES string of the molecule is CCC(C)(C)C(=O)Nc1nnc(CCNC(=O)c2cccc(Br)c2)s1. The van der Waals surface area contributed by atoms with Crippen molar-refractivity contribution >= 4 is 44.2 Å². The summed E-state index contributed by atoms with van der Waals surface area (Å²) >= 11 is 4.67. The van der Waals surface area contributed by atoms with Gasteiger partial charge in [0.1, 0.15) is 5.01 Å². The number of benzene rings is 1. The highest BCUT2D eigenvalue weighted by Crippen LogP contribution is 2.23. The molecule has 6 nitrogen and oxygen atoms in total. The molecule has 0 atom stereocenters. The van der Waals surface area contributed by atoms with Crippen LogP contribution in [0.5, 0.6) is 0 Å². The maximum Gasteiger partial charge on any atom is 0.251 e. The van der Waals surface area contributed by atoms with Crippen molar-refractivity contribution in [3.63, 3.8) is 0 Å². The minimum absolute atomic E-state index is 0.0688. The van der Waals surface area contributed by atoms with Gasteiger partial charge in [-0.05, 0) is 24.6 Å². The van der Waals surface area contributed by atoms with E-state index in [0.29, 0.717) is 23.7 Å². The fraction of sp³-hybridized carbons (Fsp3) is 0.412. The summed E-state index contributed by atoms with van der Waals surface area (Å²) in [5.41, 5.74) is 0.158. The van der Waals surface area contributed by atoms with E-state index in [1.807, 2.05) is 32.9 Å². The third-order valence-electron chi connectivity index (χ3n) is 3.90. The molecule has 2 rings (SSSR count). The molecule has 0 aliphatic heterocycles. The van der Waals surface area contributed by atoms with E-state index in [2.05, 4.69) is 36.8 Å². The number of hydrogen-bond acceptors (Lipinski definition) is 5. The van der Waals surface area contributed by atoms with Gasteiger partial charge in [-0.25, -0.2) is 0 Å². The summed E-state index contributed by atoms with van der Waals surface area (Å²) in [7, 11) is 0. The van der Waals surface area contributed by atoms with Gasteiger partial charge in [0.2, 0.25) is 11.0 Å². The predicted molar refractivity (Wildman–Crippen MR) is 103 cm³/mol. The second-order valence-corrected chi connectivity index (χ2v) is 8.19. The first kappa shape index (κ1) is 19.5. The number of halogens is 1. The summed E-state index contributed by atoms with van der Waals surface area (Å²) in [6.45, 7) is 6.21. The molecule has 2 N–H and O–H groups in total. The summed E-state index contributed by atoms with van der Waals surface area (Å²) in [6, 6.07) is 7.21. The highest BCUT2D eigenvalue weighted by Gasteiger charge is 2.26. The Morgan fingerprint density at radius 1 is 1.28 bits per heavy atom. The zero-order chi connectivity index (χ0) is 18.4. The van der Waals surface area contributed by atoms with Crippen molar-refractivity contribution in [1.82, 2.24) is 15.5 Å². The molecular weight excluding hydrogens is 404 g/mol. The van der Waals surface area contributed by atoms with E-state index in [1.165, 1.54) is 11.3 Å². The molecule has 1 heterocycles. The van der Waals surface area contributed by atoms with Crippen molar-refractivity contribution in [1.29, 1.82) is 0 Å². The summed E-state index contributed by atoms with van der Waals surface area (Å²) in [5, 5.41) is 14.9. The molecule has 0 radical (unpaired) electrons. The van der Waals surface area contributed by atoms with Crippen LogP contribution in [0.1, 0.15) is 42.6 Å². The number of hydrogen-bond donors (Lipinski definition) is 2. The fourth-order valence-electron chi connectivity index (χ4n) is 1.85. The van der Waals surface area contributed by atoms with E-state index < -0.39 is 5.41 Å².